The van der Waals surface area contributed by atoms with E-state index in [9.17, 15) is 19.3 Å². The number of hydrogen-bond acceptors (Lipinski definition) is 4. The molecule has 2 aromatic rings. The van der Waals surface area contributed by atoms with Gasteiger partial charge in [-0.2, -0.15) is 0 Å². The van der Waals surface area contributed by atoms with Gasteiger partial charge in [0.15, 0.2) is 0 Å². The van der Waals surface area contributed by atoms with Gasteiger partial charge in [0.05, 0.1) is 4.92 Å². The van der Waals surface area contributed by atoms with Gasteiger partial charge < -0.3 is 10.6 Å². The van der Waals surface area contributed by atoms with E-state index in [1.165, 1.54) is 18.2 Å². The van der Waals surface area contributed by atoms with Gasteiger partial charge in [0, 0.05) is 30.1 Å². The molecule has 2 aliphatic rings. The van der Waals surface area contributed by atoms with Crippen molar-refractivity contribution >= 4 is 23.0 Å². The van der Waals surface area contributed by atoms with Crippen molar-refractivity contribution in [1.82, 2.24) is 0 Å². The predicted octanol–water partition coefficient (Wildman–Crippen LogP) is 3.59. The first-order chi connectivity index (χ1) is 12.0. The van der Waals surface area contributed by atoms with Crippen LogP contribution in [0.2, 0.25) is 0 Å². The summed E-state index contributed by atoms with van der Waals surface area (Å²) in [5.74, 6) is -0.163. The van der Waals surface area contributed by atoms with E-state index in [0.717, 1.165) is 17.5 Å². The number of anilines is 2. The molecule has 0 aromatic heterocycles. The third-order valence-corrected chi connectivity index (χ3v) is 4.74. The molecule has 2 atom stereocenters. The maximum absolute atomic E-state index is 13.0. The summed E-state index contributed by atoms with van der Waals surface area (Å²) < 4.78 is 13.0. The molecule has 0 saturated heterocycles. The zero-order chi connectivity index (χ0) is 17.6. The lowest BCUT2D eigenvalue weighted by Crippen LogP contribution is -2.19. The van der Waals surface area contributed by atoms with Crippen LogP contribution < -0.4 is 10.6 Å². The van der Waals surface area contributed by atoms with E-state index in [1.807, 2.05) is 0 Å². The molecular formula is C18H16FN3O3. The number of carbonyl (C=O) groups is 1. The van der Waals surface area contributed by atoms with Crippen LogP contribution in [0.4, 0.5) is 21.5 Å². The monoisotopic (exact) mass is 341 g/mol. The number of nitrogens with zero attached hydrogens (tertiary/aromatic N) is 1. The number of fused-ring (bicyclic) bond motifs is 1. The number of amides is 1. The SMILES string of the molecule is O=C1CCc2cc([N+](=O)[O-])c(N[C@@H]3C[C@H]3c3ccc(F)cc3)cc2N1. The number of rotatable bonds is 4. The highest BCUT2D eigenvalue weighted by molar-refractivity contribution is 5.95. The van der Waals surface area contributed by atoms with Crippen LogP contribution in [0.25, 0.3) is 0 Å². The first kappa shape index (κ1) is 15.6. The van der Waals surface area contributed by atoms with E-state index < -0.39 is 4.92 Å². The lowest BCUT2D eigenvalue weighted by Gasteiger charge is -2.18. The molecule has 1 heterocycles. The van der Waals surface area contributed by atoms with Crippen LogP contribution in [0, 0.1) is 15.9 Å². The highest BCUT2D eigenvalue weighted by Crippen LogP contribution is 2.45. The number of hydrogen-bond donors (Lipinski definition) is 2. The smallest absolute Gasteiger partial charge is 0.292 e. The first-order valence-electron chi connectivity index (χ1n) is 8.14. The number of halogens is 1. The molecule has 128 valence electrons. The number of benzene rings is 2. The van der Waals surface area contributed by atoms with Crippen molar-refractivity contribution < 1.29 is 14.1 Å². The Hall–Kier alpha value is -2.96. The maximum Gasteiger partial charge on any atom is 0.292 e. The van der Waals surface area contributed by atoms with Gasteiger partial charge >= 0.3 is 0 Å². The molecule has 0 unspecified atom stereocenters. The maximum atomic E-state index is 13.0. The largest absolute Gasteiger partial charge is 0.376 e. The second kappa shape index (κ2) is 5.84. The van der Waals surface area contributed by atoms with E-state index in [-0.39, 0.29) is 29.4 Å². The second-order valence-corrected chi connectivity index (χ2v) is 6.48. The Kier molecular flexibility index (Phi) is 3.63. The summed E-state index contributed by atoms with van der Waals surface area (Å²) in [4.78, 5) is 22.5. The summed E-state index contributed by atoms with van der Waals surface area (Å²) in [5.41, 5.74) is 2.83. The quantitative estimate of drug-likeness (QED) is 0.657. The Morgan fingerprint density at radius 1 is 1.20 bits per heavy atom. The fraction of sp³-hybridized carbons (Fsp3) is 0.278. The summed E-state index contributed by atoms with van der Waals surface area (Å²) in [6, 6.07) is 9.55. The zero-order valence-electron chi connectivity index (χ0n) is 13.3. The molecule has 6 nitrogen and oxygen atoms in total. The van der Waals surface area contributed by atoms with Crippen LogP contribution in [0.5, 0.6) is 0 Å². The van der Waals surface area contributed by atoms with E-state index in [4.69, 9.17) is 0 Å². The van der Waals surface area contributed by atoms with Gasteiger partial charge in [-0.3, -0.25) is 14.9 Å². The summed E-state index contributed by atoms with van der Waals surface area (Å²) in [5, 5.41) is 17.4. The molecular weight excluding hydrogens is 325 g/mol. The minimum absolute atomic E-state index is 0.0136. The van der Waals surface area contributed by atoms with Crippen molar-refractivity contribution in [3.05, 3.63) is 63.5 Å². The van der Waals surface area contributed by atoms with Gasteiger partial charge in [-0.1, -0.05) is 12.1 Å². The summed E-state index contributed by atoms with van der Waals surface area (Å²) in [7, 11) is 0. The third-order valence-electron chi connectivity index (χ3n) is 4.74. The van der Waals surface area contributed by atoms with Crippen molar-refractivity contribution in [3.8, 4) is 0 Å². The van der Waals surface area contributed by atoms with Crippen LogP contribution in [0.15, 0.2) is 36.4 Å². The molecule has 1 amide bonds. The minimum Gasteiger partial charge on any atom is -0.376 e. The van der Waals surface area contributed by atoms with Crippen LogP contribution in [-0.4, -0.2) is 16.9 Å². The minimum atomic E-state index is -0.408. The van der Waals surface area contributed by atoms with E-state index in [1.54, 1.807) is 18.2 Å². The number of nitrogens with one attached hydrogen (secondary N) is 2. The molecule has 4 rings (SSSR count). The number of carbonyl (C=O) groups excluding carboxylic acids is 1. The standard InChI is InChI=1S/C18H16FN3O3/c19-12-4-1-10(2-5-12)13-8-15(13)20-16-9-14-11(3-6-18(23)21-14)7-17(16)22(24)25/h1-2,4-5,7,9,13,15,20H,3,6,8H2,(H,21,23)/t13-,15+/m0/s1. The predicted molar refractivity (Wildman–Crippen MR) is 91.2 cm³/mol. The van der Waals surface area contributed by atoms with Gasteiger partial charge in [-0.15, -0.1) is 0 Å². The molecule has 2 aromatic carbocycles. The van der Waals surface area contributed by atoms with Crippen LogP contribution >= 0.6 is 0 Å². The van der Waals surface area contributed by atoms with E-state index >= 15 is 0 Å². The van der Waals surface area contributed by atoms with Gasteiger partial charge in [-0.05, 0) is 42.2 Å². The van der Waals surface area contributed by atoms with Crippen molar-refractivity contribution in [2.45, 2.75) is 31.2 Å². The van der Waals surface area contributed by atoms with Gasteiger partial charge in [0.2, 0.25) is 5.91 Å². The van der Waals surface area contributed by atoms with E-state index in [2.05, 4.69) is 10.6 Å². The van der Waals surface area contributed by atoms with Crippen molar-refractivity contribution in [2.75, 3.05) is 10.6 Å². The second-order valence-electron chi connectivity index (χ2n) is 6.48. The number of aryl methyl sites for hydroxylation is 1. The zero-order valence-corrected chi connectivity index (χ0v) is 13.3. The Labute approximate surface area is 143 Å². The normalized spacial score (nSPS) is 21.2. The van der Waals surface area contributed by atoms with Crippen molar-refractivity contribution in [1.29, 1.82) is 0 Å². The summed E-state index contributed by atoms with van der Waals surface area (Å²) in [6.07, 6.45) is 1.67. The Bertz CT molecular complexity index is 867. The number of nitro benzene ring substituents is 1. The lowest BCUT2D eigenvalue weighted by atomic mass is 10.0. The molecule has 0 spiro atoms. The van der Waals surface area contributed by atoms with Crippen LogP contribution in [0.3, 0.4) is 0 Å². The molecule has 25 heavy (non-hydrogen) atoms. The Balaban J connectivity index is 1.58. The summed E-state index contributed by atoms with van der Waals surface area (Å²) >= 11 is 0. The Morgan fingerprint density at radius 2 is 1.96 bits per heavy atom. The fourth-order valence-electron chi connectivity index (χ4n) is 3.31. The van der Waals surface area contributed by atoms with Crippen LogP contribution in [-0.2, 0) is 11.2 Å². The molecule has 1 aliphatic heterocycles. The molecule has 1 aliphatic carbocycles. The van der Waals surface area contributed by atoms with Gasteiger partial charge in [0.1, 0.15) is 11.5 Å². The number of nitro groups is 1. The first-order valence-corrected chi connectivity index (χ1v) is 8.14. The van der Waals surface area contributed by atoms with Crippen LogP contribution in [0.1, 0.15) is 29.9 Å². The lowest BCUT2D eigenvalue weighted by molar-refractivity contribution is -0.384. The fourth-order valence-corrected chi connectivity index (χ4v) is 3.31. The average molecular weight is 341 g/mol. The van der Waals surface area contributed by atoms with E-state index in [0.29, 0.717) is 24.2 Å². The highest BCUT2D eigenvalue weighted by Gasteiger charge is 2.39. The molecule has 0 bridgehead atoms. The topological polar surface area (TPSA) is 84.3 Å². The molecule has 1 fully saturated rings. The highest BCUT2D eigenvalue weighted by atomic mass is 19.1. The average Bonchev–Trinajstić information content (AvgIpc) is 3.33. The van der Waals surface area contributed by atoms with Gasteiger partial charge in [0.25, 0.3) is 5.69 Å². The molecule has 0 radical (unpaired) electrons. The van der Waals surface area contributed by atoms with Crippen molar-refractivity contribution in [3.63, 3.8) is 0 Å². The summed E-state index contributed by atoms with van der Waals surface area (Å²) in [6.45, 7) is 0. The third kappa shape index (κ3) is 3.05. The van der Waals surface area contributed by atoms with Gasteiger partial charge in [-0.25, -0.2) is 4.39 Å². The molecule has 2 N–H and O–H groups in total. The molecule has 7 heteroatoms. The van der Waals surface area contributed by atoms with Crippen molar-refractivity contribution in [2.24, 2.45) is 0 Å². The Morgan fingerprint density at radius 3 is 2.68 bits per heavy atom. The molecule has 1 saturated carbocycles.